The van der Waals surface area contributed by atoms with Gasteiger partial charge >= 0.3 is 5.97 Å². The summed E-state index contributed by atoms with van der Waals surface area (Å²) in [4.78, 5) is 46.8. The minimum atomic E-state index is -1.05. The molecule has 0 saturated carbocycles. The van der Waals surface area contributed by atoms with E-state index in [-0.39, 0.29) is 47.6 Å². The van der Waals surface area contributed by atoms with E-state index in [2.05, 4.69) is 15.3 Å². The molecule has 0 aliphatic carbocycles. The number of nitrogens with zero attached hydrogens (tertiary/aromatic N) is 3. The second kappa shape index (κ2) is 11.0. The van der Waals surface area contributed by atoms with E-state index in [0.717, 1.165) is 5.56 Å². The van der Waals surface area contributed by atoms with Crippen molar-refractivity contribution in [3.05, 3.63) is 113 Å². The summed E-state index contributed by atoms with van der Waals surface area (Å²) in [6, 6.07) is 23.1. The Labute approximate surface area is 223 Å². The van der Waals surface area contributed by atoms with Crippen LogP contribution in [0.3, 0.4) is 0 Å². The van der Waals surface area contributed by atoms with Crippen LogP contribution in [0, 0.1) is 0 Å². The molecule has 194 valence electrons. The zero-order valence-electron chi connectivity index (χ0n) is 20.7. The van der Waals surface area contributed by atoms with Crippen molar-refractivity contribution in [2.45, 2.75) is 13.0 Å². The van der Waals surface area contributed by atoms with E-state index >= 15 is 0 Å². The van der Waals surface area contributed by atoms with Crippen LogP contribution in [0.15, 0.2) is 96.1 Å². The number of amides is 1. The van der Waals surface area contributed by atoms with Gasteiger partial charge in [0.2, 0.25) is 0 Å². The zero-order chi connectivity index (χ0) is 27.4. The maximum Gasteiger partial charge on any atom is 0.305 e. The topological polar surface area (TPSA) is 134 Å². The molecule has 0 aliphatic rings. The predicted octanol–water partition coefficient (Wildman–Crippen LogP) is 4.08. The first-order valence-corrected chi connectivity index (χ1v) is 12.2. The number of carboxylic acid groups (broad SMARTS) is 1. The Kier molecular flexibility index (Phi) is 7.13. The lowest BCUT2D eigenvalue weighted by Gasteiger charge is -2.19. The third kappa shape index (κ3) is 5.24. The van der Waals surface area contributed by atoms with Gasteiger partial charge in [0.15, 0.2) is 0 Å². The molecule has 3 N–H and O–H groups in total. The molecule has 3 aromatic heterocycles. The fourth-order valence-corrected chi connectivity index (χ4v) is 4.44. The number of fused-ring (bicyclic) bond motifs is 1. The number of aliphatic carboxylic acids is 1. The van der Waals surface area contributed by atoms with Crippen LogP contribution < -0.4 is 10.9 Å². The molecule has 39 heavy (non-hydrogen) atoms. The molecule has 0 saturated heterocycles. The van der Waals surface area contributed by atoms with Crippen LogP contribution in [0.1, 0.15) is 22.5 Å². The van der Waals surface area contributed by atoms with Crippen LogP contribution in [-0.4, -0.2) is 43.2 Å². The van der Waals surface area contributed by atoms with Crippen molar-refractivity contribution in [2.24, 2.45) is 0 Å². The normalized spacial score (nSPS) is 10.9. The Morgan fingerprint density at radius 3 is 2.28 bits per heavy atom. The Morgan fingerprint density at radius 1 is 0.923 bits per heavy atom. The SMILES string of the molecule is O=C(O)CCNC(=O)c1cc2c(O)c(-c3ccccc3)c(=O)n(Cc3ccccc3)c2c(-c2cccnc2)n1. The van der Waals surface area contributed by atoms with Crippen LogP contribution in [0.25, 0.3) is 33.3 Å². The van der Waals surface area contributed by atoms with E-state index in [1.165, 1.54) is 6.07 Å². The Hall–Kier alpha value is -5.31. The lowest BCUT2D eigenvalue weighted by Crippen LogP contribution is -2.28. The van der Waals surface area contributed by atoms with Crippen LogP contribution in [0.4, 0.5) is 0 Å². The standard InChI is InChI=1S/C30H24N4O5/c35-24(36)13-15-32-29(38)23-16-22-27(26(33-23)21-12-7-14-31-17-21)34(18-19-8-3-1-4-9-19)30(39)25(28(22)37)20-10-5-2-6-11-20/h1-12,14,16-17,37H,13,15,18H2,(H,32,38)(H,35,36). The van der Waals surface area contributed by atoms with Gasteiger partial charge in [-0.15, -0.1) is 0 Å². The van der Waals surface area contributed by atoms with Gasteiger partial charge in [0.25, 0.3) is 11.5 Å². The maximum absolute atomic E-state index is 14.0. The van der Waals surface area contributed by atoms with Crippen molar-refractivity contribution < 1.29 is 19.8 Å². The molecule has 0 bridgehead atoms. The number of aromatic nitrogens is 3. The molecule has 1 amide bonds. The van der Waals surface area contributed by atoms with Crippen molar-refractivity contribution in [2.75, 3.05) is 6.54 Å². The van der Waals surface area contributed by atoms with Crippen molar-refractivity contribution in [3.8, 4) is 28.1 Å². The summed E-state index contributed by atoms with van der Waals surface area (Å²) in [6.07, 6.45) is 2.90. The fourth-order valence-electron chi connectivity index (χ4n) is 4.44. The van der Waals surface area contributed by atoms with E-state index in [9.17, 15) is 19.5 Å². The Balaban J connectivity index is 1.83. The van der Waals surface area contributed by atoms with Gasteiger partial charge in [-0.3, -0.25) is 19.4 Å². The maximum atomic E-state index is 14.0. The first-order valence-electron chi connectivity index (χ1n) is 12.2. The third-order valence-corrected chi connectivity index (χ3v) is 6.25. The number of pyridine rings is 3. The van der Waals surface area contributed by atoms with Gasteiger partial charge in [-0.05, 0) is 29.3 Å². The number of aromatic hydroxyl groups is 1. The average Bonchev–Trinajstić information content (AvgIpc) is 2.96. The minimum Gasteiger partial charge on any atom is -0.506 e. The molecule has 0 spiro atoms. The Bertz CT molecular complexity index is 1720. The molecular formula is C30H24N4O5. The monoisotopic (exact) mass is 520 g/mol. The highest BCUT2D eigenvalue weighted by molar-refractivity contribution is 6.04. The molecule has 2 aromatic carbocycles. The fraction of sp³-hybridized carbons (Fsp3) is 0.100. The first-order chi connectivity index (χ1) is 18.9. The number of carbonyl (C=O) groups excluding carboxylic acids is 1. The highest BCUT2D eigenvalue weighted by Gasteiger charge is 2.24. The largest absolute Gasteiger partial charge is 0.506 e. The predicted molar refractivity (Wildman–Crippen MR) is 146 cm³/mol. The summed E-state index contributed by atoms with van der Waals surface area (Å²) in [5.74, 6) is -1.93. The van der Waals surface area contributed by atoms with Crippen LogP contribution in [-0.2, 0) is 11.3 Å². The molecule has 0 radical (unpaired) electrons. The zero-order valence-corrected chi connectivity index (χ0v) is 20.7. The number of nitrogens with one attached hydrogen (secondary N) is 1. The van der Waals surface area contributed by atoms with Gasteiger partial charge in [0.1, 0.15) is 11.4 Å². The van der Waals surface area contributed by atoms with Crippen LogP contribution in [0.5, 0.6) is 5.75 Å². The Morgan fingerprint density at radius 2 is 1.62 bits per heavy atom. The van der Waals surface area contributed by atoms with Crippen LogP contribution in [0.2, 0.25) is 0 Å². The quantitative estimate of drug-likeness (QED) is 0.281. The van der Waals surface area contributed by atoms with Gasteiger partial charge < -0.3 is 20.1 Å². The van der Waals surface area contributed by atoms with Gasteiger partial charge in [0, 0.05) is 29.9 Å². The first kappa shape index (κ1) is 25.3. The molecule has 3 heterocycles. The molecule has 5 rings (SSSR count). The number of benzene rings is 2. The van der Waals surface area contributed by atoms with Gasteiger partial charge in [-0.2, -0.15) is 0 Å². The molecule has 9 heteroatoms. The summed E-state index contributed by atoms with van der Waals surface area (Å²) in [5, 5.41) is 23.3. The van der Waals surface area contributed by atoms with E-state index in [1.807, 2.05) is 36.4 Å². The van der Waals surface area contributed by atoms with E-state index in [0.29, 0.717) is 16.6 Å². The van der Waals surface area contributed by atoms with E-state index in [4.69, 9.17) is 5.11 Å². The lowest BCUT2D eigenvalue weighted by atomic mass is 10.00. The summed E-state index contributed by atoms with van der Waals surface area (Å²) in [5.41, 5.74) is 2.19. The van der Waals surface area contributed by atoms with E-state index < -0.39 is 17.4 Å². The summed E-state index contributed by atoms with van der Waals surface area (Å²) in [6.45, 7) is 0.0975. The number of carbonyl (C=O) groups is 2. The second-order valence-corrected chi connectivity index (χ2v) is 8.86. The molecule has 0 unspecified atom stereocenters. The molecular weight excluding hydrogens is 496 g/mol. The molecule has 0 fully saturated rings. The number of rotatable bonds is 8. The summed E-state index contributed by atoms with van der Waals surface area (Å²) < 4.78 is 1.55. The van der Waals surface area contributed by atoms with Crippen LogP contribution >= 0.6 is 0 Å². The second-order valence-electron chi connectivity index (χ2n) is 8.86. The molecule has 0 atom stereocenters. The van der Waals surface area contributed by atoms with E-state index in [1.54, 1.807) is 53.4 Å². The van der Waals surface area contributed by atoms with Crippen molar-refractivity contribution in [3.63, 3.8) is 0 Å². The highest BCUT2D eigenvalue weighted by Crippen LogP contribution is 2.37. The number of hydrogen-bond donors (Lipinski definition) is 3. The lowest BCUT2D eigenvalue weighted by molar-refractivity contribution is -0.136. The average molecular weight is 521 g/mol. The molecule has 5 aromatic rings. The van der Waals surface area contributed by atoms with Crippen molar-refractivity contribution in [1.82, 2.24) is 19.9 Å². The number of hydrogen-bond acceptors (Lipinski definition) is 6. The van der Waals surface area contributed by atoms with Crippen molar-refractivity contribution in [1.29, 1.82) is 0 Å². The van der Waals surface area contributed by atoms with Gasteiger partial charge in [-0.1, -0.05) is 60.7 Å². The molecule has 9 nitrogen and oxygen atoms in total. The smallest absolute Gasteiger partial charge is 0.305 e. The highest BCUT2D eigenvalue weighted by atomic mass is 16.4. The van der Waals surface area contributed by atoms with Crippen molar-refractivity contribution >= 4 is 22.8 Å². The molecule has 0 aliphatic heterocycles. The summed E-state index contributed by atoms with van der Waals surface area (Å²) in [7, 11) is 0. The third-order valence-electron chi connectivity index (χ3n) is 6.25. The minimum absolute atomic E-state index is 0.0361. The summed E-state index contributed by atoms with van der Waals surface area (Å²) >= 11 is 0. The number of carboxylic acids is 1. The van der Waals surface area contributed by atoms with Gasteiger partial charge in [-0.25, -0.2) is 4.98 Å². The van der Waals surface area contributed by atoms with Gasteiger partial charge in [0.05, 0.1) is 29.7 Å².